The molecule has 108 valence electrons. The third-order valence-electron chi connectivity index (χ3n) is 1.65. The van der Waals surface area contributed by atoms with Crippen LogP contribution in [0.25, 0.3) is 0 Å². The van der Waals surface area contributed by atoms with Crippen LogP contribution in [0.1, 0.15) is 26.7 Å². The van der Waals surface area contributed by atoms with E-state index in [1.54, 1.807) is 13.8 Å². The lowest BCUT2D eigenvalue weighted by atomic mass is 10.3. The van der Waals surface area contributed by atoms with Gasteiger partial charge in [0, 0.05) is 17.6 Å². The highest BCUT2D eigenvalue weighted by atomic mass is 16.5. The van der Waals surface area contributed by atoms with E-state index in [0.717, 1.165) is 0 Å². The average Bonchev–Trinajstić information content (AvgIpc) is 2.33. The van der Waals surface area contributed by atoms with Gasteiger partial charge in [-0.1, -0.05) is 13.2 Å². The van der Waals surface area contributed by atoms with E-state index in [1.165, 1.54) is 7.11 Å². The molecule has 0 amide bonds. The second-order valence-corrected chi connectivity index (χ2v) is 3.69. The molecule has 0 saturated carbocycles. The molecule has 0 aliphatic rings. The molecule has 0 aliphatic heterocycles. The summed E-state index contributed by atoms with van der Waals surface area (Å²) in [4.78, 5) is 30.9. The van der Waals surface area contributed by atoms with Crippen molar-refractivity contribution in [3.63, 3.8) is 0 Å². The molecule has 6 nitrogen and oxygen atoms in total. The first-order valence-corrected chi connectivity index (χ1v) is 5.50. The van der Waals surface area contributed by atoms with Crippen molar-refractivity contribution < 1.29 is 29.0 Å². The molecule has 0 spiro atoms. The van der Waals surface area contributed by atoms with E-state index in [2.05, 4.69) is 22.6 Å². The van der Waals surface area contributed by atoms with E-state index >= 15 is 0 Å². The molecule has 0 radical (unpaired) electrons. The molecule has 0 aliphatic carbocycles. The SMILES string of the molecule is C=C(C)C(=O)OC.C=C(C)C(=O)OCCCC(=O)O. The fourth-order valence-electron chi connectivity index (χ4n) is 0.686. The zero-order chi connectivity index (χ0) is 15.4. The molecule has 0 aromatic heterocycles. The summed E-state index contributed by atoms with van der Waals surface area (Å²) in [5.41, 5.74) is 0.757. The lowest BCUT2D eigenvalue weighted by Crippen LogP contribution is -2.07. The van der Waals surface area contributed by atoms with E-state index in [-0.39, 0.29) is 19.0 Å². The first-order chi connectivity index (χ1) is 8.72. The normalized spacial score (nSPS) is 8.58. The molecule has 0 fully saturated rings. The summed E-state index contributed by atoms with van der Waals surface area (Å²) in [6, 6.07) is 0. The second kappa shape index (κ2) is 11.0. The highest BCUT2D eigenvalue weighted by Gasteiger charge is 2.03. The fourth-order valence-corrected chi connectivity index (χ4v) is 0.686. The van der Waals surface area contributed by atoms with Gasteiger partial charge in [0.2, 0.25) is 0 Å². The minimum atomic E-state index is -0.888. The van der Waals surface area contributed by atoms with Crippen LogP contribution in [0.2, 0.25) is 0 Å². The van der Waals surface area contributed by atoms with Crippen LogP contribution in [0.15, 0.2) is 24.3 Å². The molecule has 0 atom stereocenters. The van der Waals surface area contributed by atoms with Crippen molar-refractivity contribution in [1.29, 1.82) is 0 Å². The zero-order valence-corrected chi connectivity index (χ0v) is 11.5. The Bertz CT molecular complexity index is 356. The van der Waals surface area contributed by atoms with Crippen molar-refractivity contribution in [1.82, 2.24) is 0 Å². The van der Waals surface area contributed by atoms with Crippen molar-refractivity contribution >= 4 is 17.9 Å². The Labute approximate surface area is 112 Å². The van der Waals surface area contributed by atoms with Gasteiger partial charge in [0.15, 0.2) is 0 Å². The van der Waals surface area contributed by atoms with Crippen LogP contribution in [0.5, 0.6) is 0 Å². The number of hydrogen-bond donors (Lipinski definition) is 1. The molecule has 19 heavy (non-hydrogen) atoms. The van der Waals surface area contributed by atoms with Gasteiger partial charge in [-0.25, -0.2) is 9.59 Å². The van der Waals surface area contributed by atoms with Crippen LogP contribution in [-0.4, -0.2) is 36.7 Å². The molecule has 0 heterocycles. The van der Waals surface area contributed by atoms with Gasteiger partial charge in [0.05, 0.1) is 13.7 Å². The number of esters is 2. The summed E-state index contributed by atoms with van der Waals surface area (Å²) >= 11 is 0. The summed E-state index contributed by atoms with van der Waals surface area (Å²) in [7, 11) is 1.33. The third kappa shape index (κ3) is 13.8. The highest BCUT2D eigenvalue weighted by molar-refractivity contribution is 5.87. The predicted octanol–water partition coefficient (Wildman–Crippen LogP) is 1.71. The largest absolute Gasteiger partial charge is 0.481 e. The quantitative estimate of drug-likeness (QED) is 0.449. The summed E-state index contributed by atoms with van der Waals surface area (Å²) < 4.78 is 8.93. The molecule has 0 aromatic rings. The van der Waals surface area contributed by atoms with E-state index in [9.17, 15) is 14.4 Å². The second-order valence-electron chi connectivity index (χ2n) is 3.69. The Morgan fingerprint density at radius 1 is 1.05 bits per heavy atom. The van der Waals surface area contributed by atoms with Gasteiger partial charge in [-0.3, -0.25) is 4.79 Å². The number of carbonyl (C=O) groups excluding carboxylic acids is 2. The van der Waals surface area contributed by atoms with Crippen molar-refractivity contribution in [3.8, 4) is 0 Å². The van der Waals surface area contributed by atoms with Crippen molar-refractivity contribution in [2.45, 2.75) is 26.7 Å². The number of methoxy groups -OCH3 is 1. The van der Waals surface area contributed by atoms with Gasteiger partial charge < -0.3 is 14.6 Å². The maximum Gasteiger partial charge on any atom is 0.333 e. The Balaban J connectivity index is 0. The summed E-state index contributed by atoms with van der Waals surface area (Å²) in [5, 5.41) is 8.23. The van der Waals surface area contributed by atoms with Crippen molar-refractivity contribution in [2.24, 2.45) is 0 Å². The van der Waals surface area contributed by atoms with Gasteiger partial charge in [-0.2, -0.15) is 0 Å². The molecular formula is C13H20O6. The molecule has 0 bridgehead atoms. The number of rotatable bonds is 6. The summed E-state index contributed by atoms with van der Waals surface area (Å²) in [5.74, 6) is -1.71. The van der Waals surface area contributed by atoms with Crippen LogP contribution in [0.4, 0.5) is 0 Å². The number of carboxylic acid groups (broad SMARTS) is 1. The van der Waals surface area contributed by atoms with Crippen molar-refractivity contribution in [3.05, 3.63) is 24.3 Å². The third-order valence-corrected chi connectivity index (χ3v) is 1.65. The van der Waals surface area contributed by atoms with Crippen LogP contribution >= 0.6 is 0 Å². The van der Waals surface area contributed by atoms with Crippen LogP contribution in [0.3, 0.4) is 0 Å². The van der Waals surface area contributed by atoms with Gasteiger partial charge in [-0.15, -0.1) is 0 Å². The summed E-state index contributed by atoms with van der Waals surface area (Å²) in [6.07, 6.45) is 0.359. The fraction of sp³-hybridized carbons (Fsp3) is 0.462. The summed E-state index contributed by atoms with van der Waals surface area (Å²) in [6.45, 7) is 10.0. The van der Waals surface area contributed by atoms with Gasteiger partial charge >= 0.3 is 17.9 Å². The zero-order valence-electron chi connectivity index (χ0n) is 11.5. The maximum atomic E-state index is 10.7. The molecular weight excluding hydrogens is 252 g/mol. The topological polar surface area (TPSA) is 89.9 Å². The maximum absolute atomic E-state index is 10.7. The van der Waals surface area contributed by atoms with Crippen LogP contribution in [0, 0.1) is 0 Å². The number of ether oxygens (including phenoxy) is 2. The monoisotopic (exact) mass is 272 g/mol. The lowest BCUT2D eigenvalue weighted by molar-refractivity contribution is -0.142. The van der Waals surface area contributed by atoms with Crippen LogP contribution in [-0.2, 0) is 23.9 Å². The predicted molar refractivity (Wildman–Crippen MR) is 69.5 cm³/mol. The first kappa shape index (κ1) is 19.2. The number of carboxylic acids is 1. The molecule has 6 heteroatoms. The standard InChI is InChI=1S/C8H12O4.C5H8O2/c1-6(2)8(11)12-5-3-4-7(9)10;1-4(2)5(6)7-3/h1,3-5H2,2H3,(H,9,10);1H2,2-3H3. The number of carbonyl (C=O) groups is 3. The van der Waals surface area contributed by atoms with Gasteiger partial charge in [0.1, 0.15) is 0 Å². The van der Waals surface area contributed by atoms with E-state index in [4.69, 9.17) is 5.11 Å². The smallest absolute Gasteiger partial charge is 0.333 e. The Hall–Kier alpha value is -2.11. The number of hydrogen-bond acceptors (Lipinski definition) is 5. The molecule has 0 aromatic carbocycles. The first-order valence-electron chi connectivity index (χ1n) is 5.50. The molecule has 0 saturated heterocycles. The minimum absolute atomic E-state index is 0.0173. The average molecular weight is 272 g/mol. The van der Waals surface area contributed by atoms with Crippen LogP contribution < -0.4 is 0 Å². The number of aliphatic carboxylic acids is 1. The minimum Gasteiger partial charge on any atom is -0.481 e. The highest BCUT2D eigenvalue weighted by Crippen LogP contribution is 1.95. The Morgan fingerprint density at radius 2 is 1.53 bits per heavy atom. The Morgan fingerprint density at radius 3 is 1.79 bits per heavy atom. The lowest BCUT2D eigenvalue weighted by Gasteiger charge is -2.01. The molecule has 0 unspecified atom stereocenters. The van der Waals surface area contributed by atoms with Gasteiger partial charge in [-0.05, 0) is 20.3 Å². The van der Waals surface area contributed by atoms with Gasteiger partial charge in [0.25, 0.3) is 0 Å². The van der Waals surface area contributed by atoms with E-state index < -0.39 is 11.9 Å². The van der Waals surface area contributed by atoms with E-state index in [1.807, 2.05) is 0 Å². The van der Waals surface area contributed by atoms with Crippen molar-refractivity contribution in [2.75, 3.05) is 13.7 Å². The Kier molecular flexibility index (Phi) is 11.1. The molecule has 0 rings (SSSR count). The molecule has 1 N–H and O–H groups in total. The van der Waals surface area contributed by atoms with E-state index in [0.29, 0.717) is 17.6 Å².